The molecule has 3 rings (SSSR count). The molecule has 2 N–H and O–H groups in total. The zero-order valence-corrected chi connectivity index (χ0v) is 17.2. The molecular formula is C21H24N4O2S. The van der Waals surface area contributed by atoms with E-state index in [1.54, 1.807) is 7.11 Å². The predicted molar refractivity (Wildman–Crippen MR) is 113 cm³/mol. The number of hydrogen-bond acceptors (Lipinski definition) is 5. The van der Waals surface area contributed by atoms with Gasteiger partial charge in [-0.25, -0.2) is 4.98 Å². The fourth-order valence-corrected chi connectivity index (χ4v) is 3.46. The van der Waals surface area contributed by atoms with Crippen LogP contribution in [0.1, 0.15) is 32.3 Å². The molecule has 7 heteroatoms. The standard InChI is InChI=1S/C21H24N4O2S/c1-13(2)17-7-5-6-8-18(17)22-20(26)14(3)28-21-23-19(24-25-21)15-9-11-16(27-4)12-10-15/h5-14H,1-4H3,(H,22,26)(H,23,24,25)/t14-/m1/s1. The van der Waals surface area contributed by atoms with Crippen LogP contribution in [0.2, 0.25) is 0 Å². The fraction of sp³-hybridized carbons (Fsp3) is 0.286. The molecule has 0 aliphatic carbocycles. The van der Waals surface area contributed by atoms with Gasteiger partial charge in [0.25, 0.3) is 0 Å². The van der Waals surface area contributed by atoms with Crippen molar-refractivity contribution >= 4 is 23.4 Å². The number of thioether (sulfide) groups is 1. The number of carbonyl (C=O) groups is 1. The minimum absolute atomic E-state index is 0.0751. The second-order valence-corrected chi connectivity index (χ2v) is 7.99. The summed E-state index contributed by atoms with van der Waals surface area (Å²) in [6.07, 6.45) is 0. The molecular weight excluding hydrogens is 372 g/mol. The third-order valence-electron chi connectivity index (χ3n) is 4.32. The van der Waals surface area contributed by atoms with Crippen LogP contribution in [-0.4, -0.2) is 33.4 Å². The lowest BCUT2D eigenvalue weighted by atomic mass is 10.0. The first-order valence-electron chi connectivity index (χ1n) is 9.11. The number of nitrogens with zero attached hydrogens (tertiary/aromatic N) is 2. The van der Waals surface area contributed by atoms with E-state index < -0.39 is 0 Å². The molecule has 28 heavy (non-hydrogen) atoms. The lowest BCUT2D eigenvalue weighted by molar-refractivity contribution is -0.115. The normalized spacial score (nSPS) is 12.0. The third kappa shape index (κ3) is 4.72. The van der Waals surface area contributed by atoms with Crippen LogP contribution >= 0.6 is 11.8 Å². The van der Waals surface area contributed by atoms with Crippen molar-refractivity contribution < 1.29 is 9.53 Å². The fourth-order valence-electron chi connectivity index (χ4n) is 2.74. The number of carbonyl (C=O) groups excluding carboxylic acids is 1. The van der Waals surface area contributed by atoms with E-state index in [-0.39, 0.29) is 11.2 Å². The van der Waals surface area contributed by atoms with Crippen LogP contribution in [0.5, 0.6) is 5.75 Å². The van der Waals surface area contributed by atoms with Gasteiger partial charge in [0.2, 0.25) is 11.1 Å². The molecule has 0 aliphatic rings. The molecule has 0 bridgehead atoms. The van der Waals surface area contributed by atoms with Crippen molar-refractivity contribution in [1.82, 2.24) is 15.2 Å². The summed E-state index contributed by atoms with van der Waals surface area (Å²) >= 11 is 1.32. The van der Waals surface area contributed by atoms with Crippen molar-refractivity contribution in [2.75, 3.05) is 12.4 Å². The number of aromatic nitrogens is 3. The van der Waals surface area contributed by atoms with Crippen molar-refractivity contribution in [2.24, 2.45) is 0 Å². The molecule has 1 atom stereocenters. The number of amides is 1. The Kier molecular flexibility index (Phi) is 6.36. The van der Waals surface area contributed by atoms with E-state index in [4.69, 9.17) is 4.74 Å². The van der Waals surface area contributed by atoms with Gasteiger partial charge in [0, 0.05) is 11.3 Å². The first kappa shape index (κ1) is 19.9. The van der Waals surface area contributed by atoms with Crippen LogP contribution in [0.4, 0.5) is 5.69 Å². The zero-order valence-electron chi connectivity index (χ0n) is 16.4. The maximum Gasteiger partial charge on any atom is 0.237 e. The van der Waals surface area contributed by atoms with Crippen LogP contribution in [0.15, 0.2) is 53.7 Å². The number of methoxy groups -OCH3 is 1. The minimum atomic E-state index is -0.334. The van der Waals surface area contributed by atoms with Crippen molar-refractivity contribution in [3.05, 3.63) is 54.1 Å². The molecule has 146 valence electrons. The first-order valence-corrected chi connectivity index (χ1v) is 9.99. The number of H-pyrrole nitrogens is 1. The molecule has 0 unspecified atom stereocenters. The lowest BCUT2D eigenvalue weighted by Gasteiger charge is -2.15. The number of ether oxygens (including phenoxy) is 1. The summed E-state index contributed by atoms with van der Waals surface area (Å²) in [7, 11) is 1.63. The van der Waals surface area contributed by atoms with Gasteiger partial charge in [-0.1, -0.05) is 43.8 Å². The van der Waals surface area contributed by atoms with Crippen molar-refractivity contribution in [1.29, 1.82) is 0 Å². The maximum atomic E-state index is 12.6. The van der Waals surface area contributed by atoms with Gasteiger partial charge in [-0.15, -0.1) is 5.10 Å². The molecule has 3 aromatic rings. The second kappa shape index (κ2) is 8.93. The monoisotopic (exact) mass is 396 g/mol. The highest BCUT2D eigenvalue weighted by Crippen LogP contribution is 2.27. The van der Waals surface area contributed by atoms with E-state index in [9.17, 15) is 4.79 Å². The Labute approximate surface area is 169 Å². The molecule has 1 amide bonds. The topological polar surface area (TPSA) is 79.9 Å². The molecule has 1 aromatic heterocycles. The maximum absolute atomic E-state index is 12.6. The average Bonchev–Trinajstić information content (AvgIpc) is 3.16. The SMILES string of the molecule is COc1ccc(-c2nc(S[C@H](C)C(=O)Nc3ccccc3C(C)C)n[nH]2)cc1. The highest BCUT2D eigenvalue weighted by Gasteiger charge is 2.19. The van der Waals surface area contributed by atoms with E-state index in [0.29, 0.717) is 16.9 Å². The molecule has 0 spiro atoms. The van der Waals surface area contributed by atoms with E-state index in [0.717, 1.165) is 22.6 Å². The highest BCUT2D eigenvalue weighted by atomic mass is 32.2. The molecule has 0 saturated carbocycles. The first-order chi connectivity index (χ1) is 13.5. The van der Waals surface area contributed by atoms with E-state index in [1.807, 2.05) is 55.5 Å². The number of nitrogens with one attached hydrogen (secondary N) is 2. The van der Waals surface area contributed by atoms with E-state index in [2.05, 4.69) is 34.3 Å². The summed E-state index contributed by atoms with van der Waals surface area (Å²) < 4.78 is 5.17. The Bertz CT molecular complexity index is 938. The molecule has 0 saturated heterocycles. The molecule has 1 heterocycles. The van der Waals surface area contributed by atoms with Gasteiger partial charge in [-0.05, 0) is 48.7 Å². The van der Waals surface area contributed by atoms with Gasteiger partial charge in [-0.2, -0.15) is 0 Å². The van der Waals surface area contributed by atoms with Gasteiger partial charge in [0.05, 0.1) is 12.4 Å². The average molecular weight is 397 g/mol. The Balaban J connectivity index is 1.65. The summed E-state index contributed by atoms with van der Waals surface area (Å²) in [6.45, 7) is 6.07. The van der Waals surface area contributed by atoms with Crippen molar-refractivity contribution in [2.45, 2.75) is 37.1 Å². The van der Waals surface area contributed by atoms with Crippen LogP contribution in [-0.2, 0) is 4.79 Å². The highest BCUT2D eigenvalue weighted by molar-refractivity contribution is 8.00. The summed E-state index contributed by atoms with van der Waals surface area (Å²) in [5, 5.41) is 10.4. The van der Waals surface area contributed by atoms with Gasteiger partial charge >= 0.3 is 0 Å². The number of para-hydroxylation sites is 1. The molecule has 0 radical (unpaired) electrons. The number of aromatic amines is 1. The molecule has 0 aliphatic heterocycles. The Hall–Kier alpha value is -2.80. The van der Waals surface area contributed by atoms with E-state index in [1.165, 1.54) is 11.8 Å². The number of hydrogen-bond donors (Lipinski definition) is 2. The lowest BCUT2D eigenvalue weighted by Crippen LogP contribution is -2.23. The van der Waals surface area contributed by atoms with Gasteiger partial charge in [0.15, 0.2) is 5.82 Å². The largest absolute Gasteiger partial charge is 0.497 e. The number of anilines is 1. The third-order valence-corrected chi connectivity index (χ3v) is 5.28. The van der Waals surface area contributed by atoms with Crippen molar-refractivity contribution in [3.63, 3.8) is 0 Å². The van der Waals surface area contributed by atoms with Crippen LogP contribution in [0.25, 0.3) is 11.4 Å². The van der Waals surface area contributed by atoms with Gasteiger partial charge in [-0.3, -0.25) is 9.89 Å². The minimum Gasteiger partial charge on any atom is -0.497 e. The predicted octanol–water partition coefficient (Wildman–Crippen LogP) is 4.72. The summed E-state index contributed by atoms with van der Waals surface area (Å²) in [5.74, 6) is 1.70. The Morgan fingerprint density at radius 2 is 1.82 bits per heavy atom. The molecule has 6 nitrogen and oxygen atoms in total. The van der Waals surface area contributed by atoms with Crippen molar-refractivity contribution in [3.8, 4) is 17.1 Å². The zero-order chi connectivity index (χ0) is 20.1. The summed E-state index contributed by atoms with van der Waals surface area (Å²) in [6, 6.07) is 15.4. The smallest absolute Gasteiger partial charge is 0.237 e. The summed E-state index contributed by atoms with van der Waals surface area (Å²) in [4.78, 5) is 17.1. The Morgan fingerprint density at radius 3 is 2.50 bits per heavy atom. The quantitative estimate of drug-likeness (QED) is 0.565. The summed E-state index contributed by atoms with van der Waals surface area (Å²) in [5.41, 5.74) is 2.87. The van der Waals surface area contributed by atoms with Gasteiger partial charge < -0.3 is 10.1 Å². The molecule has 0 fully saturated rings. The van der Waals surface area contributed by atoms with Crippen LogP contribution in [0, 0.1) is 0 Å². The van der Waals surface area contributed by atoms with Crippen LogP contribution in [0.3, 0.4) is 0 Å². The van der Waals surface area contributed by atoms with Crippen LogP contribution < -0.4 is 10.1 Å². The van der Waals surface area contributed by atoms with E-state index >= 15 is 0 Å². The number of benzene rings is 2. The number of rotatable bonds is 7. The van der Waals surface area contributed by atoms with Gasteiger partial charge in [0.1, 0.15) is 5.75 Å². The Morgan fingerprint density at radius 1 is 1.11 bits per heavy atom. The second-order valence-electron chi connectivity index (χ2n) is 6.69. The molecule has 2 aromatic carbocycles.